The van der Waals surface area contributed by atoms with Crippen LogP contribution in [-0.2, 0) is 0 Å². The van der Waals surface area contributed by atoms with Gasteiger partial charge in [-0.25, -0.2) is 9.97 Å². The summed E-state index contributed by atoms with van der Waals surface area (Å²) < 4.78 is 5.30. The molecule has 0 radical (unpaired) electrons. The first-order valence-corrected chi connectivity index (χ1v) is 8.22. The Morgan fingerprint density at radius 1 is 1.17 bits per heavy atom. The summed E-state index contributed by atoms with van der Waals surface area (Å²) in [6, 6.07) is 9.15. The quantitative estimate of drug-likeness (QED) is 0.803. The van der Waals surface area contributed by atoms with E-state index in [0.29, 0.717) is 17.4 Å². The van der Waals surface area contributed by atoms with E-state index in [2.05, 4.69) is 29.1 Å². The average molecular weight is 328 g/mol. The van der Waals surface area contributed by atoms with Crippen molar-refractivity contribution in [1.82, 2.24) is 14.9 Å². The Morgan fingerprint density at radius 2 is 1.88 bits per heavy atom. The lowest BCUT2D eigenvalue weighted by molar-refractivity contribution is 0.0749. The molecule has 0 atom stereocenters. The molecule has 0 bridgehead atoms. The Balaban J connectivity index is 2.20. The van der Waals surface area contributed by atoms with Crippen LogP contribution in [0.3, 0.4) is 0 Å². The van der Waals surface area contributed by atoms with Crippen molar-refractivity contribution in [1.29, 1.82) is 0 Å². The molecular weight excluding hydrogens is 304 g/mol. The van der Waals surface area contributed by atoms with E-state index < -0.39 is 0 Å². The number of para-hydroxylation sites is 2. The van der Waals surface area contributed by atoms with Gasteiger partial charge in [0.15, 0.2) is 0 Å². The van der Waals surface area contributed by atoms with Gasteiger partial charge in [-0.3, -0.25) is 4.79 Å². The Hall–Kier alpha value is -2.63. The fraction of sp³-hybridized carbons (Fsp3) is 0.389. The first kappa shape index (κ1) is 17.7. The fourth-order valence-corrected chi connectivity index (χ4v) is 2.42. The molecule has 24 heavy (non-hydrogen) atoms. The van der Waals surface area contributed by atoms with Crippen LogP contribution >= 0.6 is 0 Å². The first-order valence-electron chi connectivity index (χ1n) is 8.22. The third kappa shape index (κ3) is 4.44. The molecular formula is C18H24N4O2. The van der Waals surface area contributed by atoms with Gasteiger partial charge in [-0.05, 0) is 31.0 Å². The summed E-state index contributed by atoms with van der Waals surface area (Å²) in [7, 11) is 1.61. The molecule has 0 saturated carbocycles. The monoisotopic (exact) mass is 328 g/mol. The van der Waals surface area contributed by atoms with Gasteiger partial charge in [0, 0.05) is 19.3 Å². The minimum Gasteiger partial charge on any atom is -0.495 e. The molecule has 0 fully saturated rings. The average Bonchev–Trinajstić information content (AvgIpc) is 2.61. The summed E-state index contributed by atoms with van der Waals surface area (Å²) in [6.07, 6.45) is 3.43. The molecule has 0 spiro atoms. The van der Waals surface area contributed by atoms with Gasteiger partial charge in [-0.15, -0.1) is 0 Å². The summed E-state index contributed by atoms with van der Waals surface area (Å²) in [6.45, 7) is 5.58. The van der Waals surface area contributed by atoms with Gasteiger partial charge in [-0.2, -0.15) is 0 Å². The van der Waals surface area contributed by atoms with Gasteiger partial charge in [-0.1, -0.05) is 26.0 Å². The van der Waals surface area contributed by atoms with Gasteiger partial charge < -0.3 is 15.0 Å². The molecule has 1 amide bonds. The third-order valence-corrected chi connectivity index (χ3v) is 3.50. The van der Waals surface area contributed by atoms with Crippen molar-refractivity contribution in [2.45, 2.75) is 26.7 Å². The third-order valence-electron chi connectivity index (χ3n) is 3.50. The molecule has 0 aliphatic carbocycles. The van der Waals surface area contributed by atoms with E-state index in [-0.39, 0.29) is 5.91 Å². The number of nitrogens with zero attached hydrogens (tertiary/aromatic N) is 3. The van der Waals surface area contributed by atoms with Gasteiger partial charge in [0.2, 0.25) is 5.95 Å². The van der Waals surface area contributed by atoms with E-state index in [1.807, 2.05) is 29.2 Å². The van der Waals surface area contributed by atoms with Crippen LogP contribution in [0.2, 0.25) is 0 Å². The van der Waals surface area contributed by atoms with Crippen LogP contribution in [0, 0.1) is 0 Å². The Labute approximate surface area is 142 Å². The smallest absolute Gasteiger partial charge is 0.272 e. The standard InChI is InChI=1S/C18H24N4O2/c1-4-12-22(13-5-2)17(23)15-10-11-19-18(21-15)20-14-8-6-7-9-16(14)24-3/h6-11H,4-5,12-13H2,1-3H3,(H,19,20,21). The number of hydrogen-bond acceptors (Lipinski definition) is 5. The molecule has 2 aromatic rings. The van der Waals surface area contributed by atoms with E-state index in [0.717, 1.165) is 31.6 Å². The molecule has 0 aliphatic heterocycles. The van der Waals surface area contributed by atoms with Crippen LogP contribution in [0.4, 0.5) is 11.6 Å². The molecule has 2 rings (SSSR count). The number of carbonyl (C=O) groups is 1. The lowest BCUT2D eigenvalue weighted by atomic mass is 10.3. The number of amides is 1. The van der Waals surface area contributed by atoms with Crippen LogP contribution < -0.4 is 10.1 Å². The van der Waals surface area contributed by atoms with Crippen molar-refractivity contribution in [2.75, 3.05) is 25.5 Å². The highest BCUT2D eigenvalue weighted by Crippen LogP contribution is 2.25. The molecule has 0 saturated heterocycles. The van der Waals surface area contributed by atoms with Crippen molar-refractivity contribution in [2.24, 2.45) is 0 Å². The summed E-state index contributed by atoms with van der Waals surface area (Å²) >= 11 is 0. The number of ether oxygens (including phenoxy) is 1. The lowest BCUT2D eigenvalue weighted by Crippen LogP contribution is -2.33. The molecule has 1 aromatic heterocycles. The van der Waals surface area contributed by atoms with Gasteiger partial charge in [0.1, 0.15) is 11.4 Å². The molecule has 1 N–H and O–H groups in total. The predicted octanol–water partition coefficient (Wildman–Crippen LogP) is 3.49. The van der Waals surface area contributed by atoms with Crippen molar-refractivity contribution >= 4 is 17.5 Å². The Morgan fingerprint density at radius 3 is 2.54 bits per heavy atom. The van der Waals surface area contributed by atoms with Crippen LogP contribution in [-0.4, -0.2) is 41.0 Å². The van der Waals surface area contributed by atoms with Crippen molar-refractivity contribution < 1.29 is 9.53 Å². The van der Waals surface area contributed by atoms with Crippen LogP contribution in [0.5, 0.6) is 5.75 Å². The number of benzene rings is 1. The van der Waals surface area contributed by atoms with E-state index >= 15 is 0 Å². The van der Waals surface area contributed by atoms with Crippen molar-refractivity contribution in [3.05, 3.63) is 42.2 Å². The number of methoxy groups -OCH3 is 1. The minimum atomic E-state index is -0.0656. The van der Waals surface area contributed by atoms with Gasteiger partial charge >= 0.3 is 0 Å². The second-order valence-electron chi connectivity index (χ2n) is 5.38. The van der Waals surface area contributed by atoms with Gasteiger partial charge in [0.25, 0.3) is 5.91 Å². The maximum Gasteiger partial charge on any atom is 0.272 e. The van der Waals surface area contributed by atoms with Crippen molar-refractivity contribution in [3.63, 3.8) is 0 Å². The highest BCUT2D eigenvalue weighted by molar-refractivity contribution is 5.92. The maximum atomic E-state index is 12.6. The van der Waals surface area contributed by atoms with Crippen LogP contribution in [0.15, 0.2) is 36.5 Å². The predicted molar refractivity (Wildman–Crippen MR) is 94.8 cm³/mol. The molecule has 0 unspecified atom stereocenters. The van der Waals surface area contributed by atoms with Crippen LogP contribution in [0.25, 0.3) is 0 Å². The second-order valence-corrected chi connectivity index (χ2v) is 5.38. The van der Waals surface area contributed by atoms with Gasteiger partial charge in [0.05, 0.1) is 12.8 Å². The highest BCUT2D eigenvalue weighted by Gasteiger charge is 2.16. The summed E-state index contributed by atoms with van der Waals surface area (Å²) in [5, 5.41) is 3.10. The summed E-state index contributed by atoms with van der Waals surface area (Å²) in [5.74, 6) is 0.999. The topological polar surface area (TPSA) is 67.4 Å². The zero-order valence-corrected chi connectivity index (χ0v) is 14.5. The number of carbonyl (C=O) groups excluding carboxylic acids is 1. The lowest BCUT2D eigenvalue weighted by Gasteiger charge is -2.21. The molecule has 6 heteroatoms. The highest BCUT2D eigenvalue weighted by atomic mass is 16.5. The normalized spacial score (nSPS) is 10.3. The number of rotatable bonds is 8. The molecule has 128 valence electrons. The molecule has 1 aromatic carbocycles. The fourth-order valence-electron chi connectivity index (χ4n) is 2.42. The Kier molecular flexibility index (Phi) is 6.54. The van der Waals surface area contributed by atoms with E-state index in [4.69, 9.17) is 4.74 Å². The number of hydrogen-bond donors (Lipinski definition) is 1. The zero-order chi connectivity index (χ0) is 17.4. The Bertz CT molecular complexity index is 670. The van der Waals surface area contributed by atoms with Crippen LogP contribution in [0.1, 0.15) is 37.2 Å². The molecule has 0 aliphatic rings. The van der Waals surface area contributed by atoms with E-state index in [9.17, 15) is 4.79 Å². The zero-order valence-electron chi connectivity index (χ0n) is 14.5. The minimum absolute atomic E-state index is 0.0656. The number of nitrogens with one attached hydrogen (secondary N) is 1. The number of aromatic nitrogens is 2. The summed E-state index contributed by atoms with van der Waals surface area (Å²) in [5.41, 5.74) is 1.15. The van der Waals surface area contributed by atoms with E-state index in [1.165, 1.54) is 0 Å². The number of anilines is 2. The first-order chi connectivity index (χ1) is 11.7. The molecule has 1 heterocycles. The largest absolute Gasteiger partial charge is 0.495 e. The molecule has 6 nitrogen and oxygen atoms in total. The second kappa shape index (κ2) is 8.86. The maximum absolute atomic E-state index is 12.6. The SMILES string of the molecule is CCCN(CCC)C(=O)c1ccnc(Nc2ccccc2OC)n1. The van der Waals surface area contributed by atoms with Crippen molar-refractivity contribution in [3.8, 4) is 5.75 Å². The van der Waals surface area contributed by atoms with E-state index in [1.54, 1.807) is 19.4 Å². The summed E-state index contributed by atoms with van der Waals surface area (Å²) in [4.78, 5) is 23.0.